The SMILES string of the molecule is CCOC(=O)Cc1cc(OC(F)(F)F)c(OC)nc1CF. The molecule has 0 spiro atoms. The molecule has 0 fully saturated rings. The average Bonchev–Trinajstić information content (AvgIpc) is 2.37. The lowest BCUT2D eigenvalue weighted by Gasteiger charge is -2.14. The molecule has 0 aromatic carbocycles. The van der Waals surface area contributed by atoms with E-state index >= 15 is 0 Å². The highest BCUT2D eigenvalue weighted by molar-refractivity contribution is 5.73. The Morgan fingerprint density at radius 3 is 2.52 bits per heavy atom. The second-order valence-electron chi connectivity index (χ2n) is 3.76. The van der Waals surface area contributed by atoms with Gasteiger partial charge in [-0.05, 0) is 18.6 Å². The Morgan fingerprint density at radius 2 is 2.05 bits per heavy atom. The van der Waals surface area contributed by atoms with Crippen molar-refractivity contribution in [3.05, 3.63) is 17.3 Å². The highest BCUT2D eigenvalue weighted by atomic mass is 19.4. The topological polar surface area (TPSA) is 57.7 Å². The first-order valence-corrected chi connectivity index (χ1v) is 5.84. The van der Waals surface area contributed by atoms with Crippen LogP contribution in [0.15, 0.2) is 6.07 Å². The molecule has 5 nitrogen and oxygen atoms in total. The fourth-order valence-electron chi connectivity index (χ4n) is 1.53. The first-order chi connectivity index (χ1) is 9.80. The van der Waals surface area contributed by atoms with E-state index in [2.05, 4.69) is 19.2 Å². The van der Waals surface area contributed by atoms with E-state index in [9.17, 15) is 22.4 Å². The summed E-state index contributed by atoms with van der Waals surface area (Å²) < 4.78 is 62.8. The van der Waals surface area contributed by atoms with E-state index in [0.29, 0.717) is 0 Å². The van der Waals surface area contributed by atoms with Crippen molar-refractivity contribution in [1.29, 1.82) is 0 Å². The Labute approximate surface area is 117 Å². The fraction of sp³-hybridized carbons (Fsp3) is 0.500. The van der Waals surface area contributed by atoms with Crippen molar-refractivity contribution in [2.24, 2.45) is 0 Å². The van der Waals surface area contributed by atoms with Gasteiger partial charge in [-0.2, -0.15) is 0 Å². The molecule has 0 N–H and O–H groups in total. The molecule has 1 aromatic heterocycles. The number of esters is 1. The minimum atomic E-state index is -4.96. The molecule has 118 valence electrons. The zero-order chi connectivity index (χ0) is 16.0. The number of methoxy groups -OCH3 is 1. The molecule has 0 amide bonds. The van der Waals surface area contributed by atoms with Gasteiger partial charge < -0.3 is 14.2 Å². The van der Waals surface area contributed by atoms with Gasteiger partial charge >= 0.3 is 12.3 Å². The van der Waals surface area contributed by atoms with Crippen molar-refractivity contribution < 1.29 is 36.6 Å². The molecule has 0 aliphatic rings. The Morgan fingerprint density at radius 1 is 1.38 bits per heavy atom. The highest BCUT2D eigenvalue weighted by Crippen LogP contribution is 2.32. The number of hydrogen-bond donors (Lipinski definition) is 0. The number of aromatic nitrogens is 1. The van der Waals surface area contributed by atoms with Gasteiger partial charge in [0.25, 0.3) is 5.88 Å². The van der Waals surface area contributed by atoms with Crippen LogP contribution in [-0.4, -0.2) is 31.0 Å². The van der Waals surface area contributed by atoms with Gasteiger partial charge in [0.1, 0.15) is 6.67 Å². The summed E-state index contributed by atoms with van der Waals surface area (Å²) in [5, 5.41) is 0. The maximum absolute atomic E-state index is 12.9. The highest BCUT2D eigenvalue weighted by Gasteiger charge is 2.33. The second kappa shape index (κ2) is 7.09. The molecule has 0 bridgehead atoms. The van der Waals surface area contributed by atoms with Crippen LogP contribution < -0.4 is 9.47 Å². The van der Waals surface area contributed by atoms with Gasteiger partial charge in [-0.3, -0.25) is 4.79 Å². The molecule has 0 saturated heterocycles. The van der Waals surface area contributed by atoms with Gasteiger partial charge in [-0.1, -0.05) is 0 Å². The third-order valence-corrected chi connectivity index (χ3v) is 2.31. The lowest BCUT2D eigenvalue weighted by molar-refractivity contribution is -0.275. The molecule has 1 aromatic rings. The number of pyridine rings is 1. The molecule has 9 heteroatoms. The Bertz CT molecular complexity index is 505. The predicted molar refractivity (Wildman–Crippen MR) is 62.6 cm³/mol. The maximum Gasteiger partial charge on any atom is 0.573 e. The number of rotatable bonds is 6. The third kappa shape index (κ3) is 5.09. The smallest absolute Gasteiger partial charge is 0.478 e. The summed E-state index contributed by atoms with van der Waals surface area (Å²) in [5.41, 5.74) is -0.273. The van der Waals surface area contributed by atoms with E-state index in [-0.39, 0.29) is 17.9 Å². The number of ether oxygens (including phenoxy) is 3. The van der Waals surface area contributed by atoms with E-state index < -0.39 is 37.1 Å². The summed E-state index contributed by atoms with van der Waals surface area (Å²) in [7, 11) is 1.07. The van der Waals surface area contributed by atoms with Gasteiger partial charge in [0.15, 0.2) is 5.75 Å². The Hall–Kier alpha value is -2.06. The average molecular weight is 311 g/mol. The number of alkyl halides is 4. The van der Waals surface area contributed by atoms with Crippen molar-refractivity contribution in [1.82, 2.24) is 4.98 Å². The monoisotopic (exact) mass is 311 g/mol. The predicted octanol–water partition coefficient (Wildman–Crippen LogP) is 2.56. The summed E-state index contributed by atoms with van der Waals surface area (Å²) in [6.45, 7) is 0.592. The van der Waals surface area contributed by atoms with Crippen LogP contribution in [0.3, 0.4) is 0 Å². The van der Waals surface area contributed by atoms with Crippen LogP contribution in [0.4, 0.5) is 17.6 Å². The number of hydrogen-bond acceptors (Lipinski definition) is 5. The van der Waals surface area contributed by atoms with Gasteiger partial charge in [-0.25, -0.2) is 9.37 Å². The first-order valence-electron chi connectivity index (χ1n) is 5.84. The Kier molecular flexibility index (Phi) is 5.74. The normalized spacial score (nSPS) is 11.1. The van der Waals surface area contributed by atoms with Crippen LogP contribution in [0.5, 0.6) is 11.6 Å². The minimum absolute atomic E-state index is 0.0593. The summed E-state index contributed by atoms with van der Waals surface area (Å²) in [4.78, 5) is 14.9. The summed E-state index contributed by atoms with van der Waals surface area (Å²) in [5.74, 6) is -1.98. The first kappa shape index (κ1) is 17.0. The van der Waals surface area contributed by atoms with E-state index in [1.807, 2.05) is 0 Å². The standard InChI is InChI=1S/C12H13F4NO4/c1-3-20-10(18)5-7-4-9(21-12(14,15)16)11(19-2)17-8(7)6-13/h4H,3,5-6H2,1-2H3. The van der Waals surface area contributed by atoms with E-state index in [0.717, 1.165) is 13.2 Å². The Balaban J connectivity index is 3.16. The van der Waals surface area contributed by atoms with Crippen LogP contribution >= 0.6 is 0 Å². The molecule has 0 aliphatic heterocycles. The zero-order valence-electron chi connectivity index (χ0n) is 11.3. The second-order valence-corrected chi connectivity index (χ2v) is 3.76. The van der Waals surface area contributed by atoms with Crippen LogP contribution in [0.25, 0.3) is 0 Å². The molecule has 21 heavy (non-hydrogen) atoms. The number of carbonyl (C=O) groups excluding carboxylic acids is 1. The van der Waals surface area contributed by atoms with E-state index in [4.69, 9.17) is 0 Å². The molecule has 0 unspecified atom stereocenters. The fourth-order valence-corrected chi connectivity index (χ4v) is 1.53. The maximum atomic E-state index is 12.9. The van der Waals surface area contributed by atoms with Gasteiger partial charge in [0, 0.05) is 0 Å². The number of nitrogens with zero attached hydrogens (tertiary/aromatic N) is 1. The van der Waals surface area contributed by atoms with Gasteiger partial charge in [0.05, 0.1) is 25.8 Å². The van der Waals surface area contributed by atoms with Crippen LogP contribution in [-0.2, 0) is 22.6 Å². The van der Waals surface area contributed by atoms with Crippen LogP contribution in [0, 0.1) is 0 Å². The van der Waals surface area contributed by atoms with Crippen LogP contribution in [0.1, 0.15) is 18.2 Å². The molecule has 1 rings (SSSR count). The molecular formula is C12H13F4NO4. The van der Waals surface area contributed by atoms with E-state index in [1.54, 1.807) is 6.92 Å². The van der Waals surface area contributed by atoms with Gasteiger partial charge in [0.2, 0.25) is 0 Å². The van der Waals surface area contributed by atoms with Crippen molar-refractivity contribution in [2.45, 2.75) is 26.4 Å². The molecule has 0 atom stereocenters. The van der Waals surface area contributed by atoms with Crippen LogP contribution in [0.2, 0.25) is 0 Å². The summed E-state index contributed by atoms with van der Waals surface area (Å²) in [6.07, 6.45) is -5.38. The largest absolute Gasteiger partial charge is 0.573 e. The summed E-state index contributed by atoms with van der Waals surface area (Å²) in [6, 6.07) is 0.866. The lowest BCUT2D eigenvalue weighted by Crippen LogP contribution is -2.19. The number of halogens is 4. The molecule has 0 saturated carbocycles. The van der Waals surface area contributed by atoms with Crippen molar-refractivity contribution in [2.75, 3.05) is 13.7 Å². The summed E-state index contributed by atoms with van der Waals surface area (Å²) >= 11 is 0. The van der Waals surface area contributed by atoms with Crippen molar-refractivity contribution >= 4 is 5.97 Å². The lowest BCUT2D eigenvalue weighted by atomic mass is 10.1. The molecular weight excluding hydrogens is 298 g/mol. The quantitative estimate of drug-likeness (QED) is 0.597. The van der Waals surface area contributed by atoms with Crippen molar-refractivity contribution in [3.8, 4) is 11.6 Å². The molecule has 0 aliphatic carbocycles. The third-order valence-electron chi connectivity index (χ3n) is 2.31. The molecule has 0 radical (unpaired) electrons. The van der Waals surface area contributed by atoms with Crippen molar-refractivity contribution in [3.63, 3.8) is 0 Å². The molecule has 1 heterocycles. The van der Waals surface area contributed by atoms with E-state index in [1.165, 1.54) is 0 Å². The van der Waals surface area contributed by atoms with Gasteiger partial charge in [-0.15, -0.1) is 13.2 Å². The zero-order valence-corrected chi connectivity index (χ0v) is 11.3. The number of carbonyl (C=O) groups is 1. The minimum Gasteiger partial charge on any atom is -0.478 e.